The Morgan fingerprint density at radius 3 is 1.66 bits per heavy atom. The van der Waals surface area contributed by atoms with Gasteiger partial charge in [-0.2, -0.15) is 0 Å². The van der Waals surface area contributed by atoms with Gasteiger partial charge in [0.1, 0.15) is 11.5 Å². The number of aliphatic hydroxyl groups is 1. The van der Waals surface area contributed by atoms with Crippen molar-refractivity contribution in [3.8, 4) is 0 Å². The molecule has 0 aliphatic heterocycles. The summed E-state index contributed by atoms with van der Waals surface area (Å²) in [6.45, 7) is 7.49. The number of thioether (sulfide) groups is 1. The van der Waals surface area contributed by atoms with Crippen molar-refractivity contribution in [2.24, 2.45) is 11.7 Å². The maximum atomic E-state index is 12.1. The molecule has 5 heteroatoms. The summed E-state index contributed by atoms with van der Waals surface area (Å²) >= 11 is 1.56. The van der Waals surface area contributed by atoms with Gasteiger partial charge >= 0.3 is 5.97 Å². The molecule has 0 aromatic heterocycles. The lowest BCUT2D eigenvalue weighted by Gasteiger charge is -2.25. The average Bonchev–Trinajstić information content (AvgIpc) is 2.64. The summed E-state index contributed by atoms with van der Waals surface area (Å²) in [6, 6.07) is 0. The Labute approximate surface area is 185 Å². The molecule has 0 aromatic carbocycles. The largest absolute Gasteiger partial charge is 0.460 e. The summed E-state index contributed by atoms with van der Waals surface area (Å²) in [6.07, 6.45) is 18.9. The number of hydrogen-bond acceptors (Lipinski definition) is 5. The van der Waals surface area contributed by atoms with Gasteiger partial charge in [0.15, 0.2) is 0 Å². The van der Waals surface area contributed by atoms with Gasteiger partial charge in [0.2, 0.25) is 0 Å². The van der Waals surface area contributed by atoms with Crippen LogP contribution in [-0.2, 0) is 9.53 Å². The number of rotatable bonds is 19. The zero-order valence-electron chi connectivity index (χ0n) is 19.7. The van der Waals surface area contributed by atoms with E-state index in [0.29, 0.717) is 0 Å². The van der Waals surface area contributed by atoms with Crippen molar-refractivity contribution in [3.63, 3.8) is 0 Å². The molecule has 29 heavy (non-hydrogen) atoms. The Morgan fingerprint density at radius 1 is 0.862 bits per heavy atom. The molecule has 4 nitrogen and oxygen atoms in total. The number of carbonyl (C=O) groups is 1. The number of unbranched alkanes of at least 4 members (excludes halogenated alkanes) is 13. The van der Waals surface area contributed by atoms with Crippen molar-refractivity contribution >= 4 is 17.7 Å². The Hall–Kier alpha value is -0.260. The predicted octanol–water partition coefficient (Wildman–Crippen LogP) is 6.44. The fourth-order valence-electron chi connectivity index (χ4n) is 3.32. The van der Waals surface area contributed by atoms with Gasteiger partial charge in [0.05, 0.1) is 12.0 Å². The number of hydrogen-bond donors (Lipinski definition) is 2. The van der Waals surface area contributed by atoms with Gasteiger partial charge in [-0.1, -0.05) is 90.4 Å². The molecule has 3 N–H and O–H groups in total. The first-order valence-electron chi connectivity index (χ1n) is 12.0. The third-order valence-corrected chi connectivity index (χ3v) is 6.35. The standard InChI is InChI=1S/C24H49NO3S/c1-5-6-7-8-9-10-11-12-13-14-15-16-17-18-19-29-22(25)21(20-26)23(27)28-24(2,3)4/h21-22,26H,5-20,25H2,1-4H3. The number of nitrogens with two attached hydrogens (primary N) is 1. The van der Waals surface area contributed by atoms with Crippen LogP contribution in [0.3, 0.4) is 0 Å². The Balaban J connectivity index is 3.54. The molecule has 0 radical (unpaired) electrons. The molecule has 0 bridgehead atoms. The van der Waals surface area contributed by atoms with Gasteiger partial charge in [-0.05, 0) is 32.9 Å². The smallest absolute Gasteiger partial charge is 0.314 e. The highest BCUT2D eigenvalue weighted by molar-refractivity contribution is 7.99. The van der Waals surface area contributed by atoms with Crippen LogP contribution in [0.5, 0.6) is 0 Å². The lowest BCUT2D eigenvalue weighted by atomic mass is 10.0. The van der Waals surface area contributed by atoms with E-state index in [1.807, 2.05) is 20.8 Å². The topological polar surface area (TPSA) is 72.5 Å². The molecule has 0 heterocycles. The average molecular weight is 432 g/mol. The minimum absolute atomic E-state index is 0.262. The van der Waals surface area contributed by atoms with Crippen molar-refractivity contribution in [2.75, 3.05) is 12.4 Å². The lowest BCUT2D eigenvalue weighted by molar-refractivity contribution is -0.161. The fraction of sp³-hybridized carbons (Fsp3) is 0.958. The fourth-order valence-corrected chi connectivity index (χ4v) is 4.39. The summed E-state index contributed by atoms with van der Waals surface area (Å²) in [7, 11) is 0. The van der Waals surface area contributed by atoms with Gasteiger partial charge in [-0.3, -0.25) is 4.79 Å². The van der Waals surface area contributed by atoms with Crippen LogP contribution in [0.1, 0.15) is 118 Å². The van der Waals surface area contributed by atoms with Crippen molar-refractivity contribution in [3.05, 3.63) is 0 Å². The summed E-state index contributed by atoms with van der Waals surface area (Å²) in [5.74, 6) is -0.120. The molecule has 0 aliphatic carbocycles. The third-order valence-electron chi connectivity index (χ3n) is 5.11. The molecule has 174 valence electrons. The lowest BCUT2D eigenvalue weighted by Crippen LogP contribution is -2.40. The summed E-state index contributed by atoms with van der Waals surface area (Å²) in [4.78, 5) is 12.1. The van der Waals surface area contributed by atoms with Crippen LogP contribution in [0.2, 0.25) is 0 Å². The van der Waals surface area contributed by atoms with Crippen LogP contribution in [0.25, 0.3) is 0 Å². The highest BCUT2D eigenvalue weighted by Gasteiger charge is 2.29. The number of carbonyl (C=O) groups excluding carboxylic acids is 1. The molecule has 0 saturated heterocycles. The van der Waals surface area contributed by atoms with Crippen molar-refractivity contribution in [1.29, 1.82) is 0 Å². The van der Waals surface area contributed by atoms with E-state index in [0.717, 1.165) is 12.2 Å². The van der Waals surface area contributed by atoms with E-state index in [1.54, 1.807) is 11.8 Å². The predicted molar refractivity (Wildman–Crippen MR) is 127 cm³/mol. The SMILES string of the molecule is CCCCCCCCCCCCCCCCSC(N)C(CO)C(=O)OC(C)(C)C. The molecular formula is C24H49NO3S. The second-order valence-electron chi connectivity index (χ2n) is 9.25. The first-order valence-corrected chi connectivity index (χ1v) is 13.1. The van der Waals surface area contributed by atoms with Gasteiger partial charge in [-0.15, -0.1) is 11.8 Å². The van der Waals surface area contributed by atoms with Crippen molar-refractivity contribution < 1.29 is 14.6 Å². The highest BCUT2D eigenvalue weighted by atomic mass is 32.2. The Bertz CT molecular complexity index is 385. The first-order chi connectivity index (χ1) is 13.8. The molecule has 2 unspecified atom stereocenters. The van der Waals surface area contributed by atoms with Crippen LogP contribution in [0.15, 0.2) is 0 Å². The third kappa shape index (κ3) is 18.2. The van der Waals surface area contributed by atoms with Crippen LogP contribution < -0.4 is 5.73 Å². The second kappa shape index (κ2) is 18.5. The Morgan fingerprint density at radius 2 is 1.28 bits per heavy atom. The molecular weight excluding hydrogens is 382 g/mol. The van der Waals surface area contributed by atoms with E-state index in [-0.39, 0.29) is 6.61 Å². The summed E-state index contributed by atoms with van der Waals surface area (Å²) in [5.41, 5.74) is 5.55. The summed E-state index contributed by atoms with van der Waals surface area (Å²) < 4.78 is 5.35. The molecule has 0 aliphatic rings. The molecule has 2 atom stereocenters. The number of esters is 1. The van der Waals surface area contributed by atoms with E-state index in [2.05, 4.69) is 6.92 Å². The van der Waals surface area contributed by atoms with Crippen molar-refractivity contribution in [1.82, 2.24) is 0 Å². The van der Waals surface area contributed by atoms with E-state index < -0.39 is 22.9 Å². The zero-order chi connectivity index (χ0) is 22.0. The van der Waals surface area contributed by atoms with Gasteiger partial charge < -0.3 is 15.6 Å². The zero-order valence-corrected chi connectivity index (χ0v) is 20.5. The normalized spacial score (nSPS) is 14.0. The molecule has 0 fully saturated rings. The van der Waals surface area contributed by atoms with E-state index in [9.17, 15) is 9.90 Å². The number of ether oxygens (including phenoxy) is 1. The molecule has 0 spiro atoms. The van der Waals surface area contributed by atoms with E-state index in [1.165, 1.54) is 83.5 Å². The highest BCUT2D eigenvalue weighted by Crippen LogP contribution is 2.21. The van der Waals surface area contributed by atoms with Gasteiger partial charge in [0.25, 0.3) is 0 Å². The molecule has 0 amide bonds. The van der Waals surface area contributed by atoms with Crippen molar-refractivity contribution in [2.45, 2.75) is 129 Å². The van der Waals surface area contributed by atoms with E-state index in [4.69, 9.17) is 10.5 Å². The minimum Gasteiger partial charge on any atom is -0.460 e. The second-order valence-corrected chi connectivity index (χ2v) is 10.5. The molecule has 0 aromatic rings. The number of aliphatic hydroxyl groups excluding tert-OH is 1. The maximum Gasteiger partial charge on any atom is 0.314 e. The Kier molecular flexibility index (Phi) is 18.3. The molecule has 0 rings (SSSR count). The van der Waals surface area contributed by atoms with Gasteiger partial charge in [-0.25, -0.2) is 0 Å². The quantitative estimate of drug-likeness (QED) is 0.140. The van der Waals surface area contributed by atoms with E-state index >= 15 is 0 Å². The summed E-state index contributed by atoms with van der Waals surface area (Å²) in [5, 5.41) is 9.09. The first kappa shape index (κ1) is 28.7. The molecule has 0 saturated carbocycles. The maximum absolute atomic E-state index is 12.1. The monoisotopic (exact) mass is 431 g/mol. The van der Waals surface area contributed by atoms with Crippen LogP contribution in [-0.4, -0.2) is 34.4 Å². The van der Waals surface area contributed by atoms with Gasteiger partial charge in [0, 0.05) is 0 Å². The van der Waals surface area contributed by atoms with Crippen LogP contribution in [0, 0.1) is 5.92 Å². The van der Waals surface area contributed by atoms with Crippen LogP contribution in [0.4, 0.5) is 0 Å². The van der Waals surface area contributed by atoms with Crippen LogP contribution >= 0.6 is 11.8 Å². The minimum atomic E-state index is -0.647.